The van der Waals surface area contributed by atoms with E-state index in [4.69, 9.17) is 9.47 Å². The van der Waals surface area contributed by atoms with Crippen molar-refractivity contribution in [2.24, 2.45) is 0 Å². The topological polar surface area (TPSA) is 47.6 Å². The van der Waals surface area contributed by atoms with Crippen LogP contribution in [-0.2, 0) is 14.3 Å². The quantitative estimate of drug-likeness (QED) is 0.595. The molecule has 4 heteroatoms. The lowest BCUT2D eigenvalue weighted by Crippen LogP contribution is -2.32. The Balaban J connectivity index is 3.28. The lowest BCUT2D eigenvalue weighted by molar-refractivity contribution is -0.143. The molecule has 1 N–H and O–H groups in total. The molecular formula is C9H19NO3. The lowest BCUT2D eigenvalue weighted by Gasteiger charge is -2.11. The zero-order chi connectivity index (χ0) is 10.1. The zero-order valence-corrected chi connectivity index (χ0v) is 8.63. The summed E-state index contributed by atoms with van der Waals surface area (Å²) in [6, 6.07) is 0.277. The average Bonchev–Trinajstić information content (AvgIpc) is 2.05. The first-order valence-electron chi connectivity index (χ1n) is 4.58. The van der Waals surface area contributed by atoms with Gasteiger partial charge in [-0.05, 0) is 13.8 Å². The van der Waals surface area contributed by atoms with Crippen molar-refractivity contribution in [2.75, 3.05) is 26.9 Å². The van der Waals surface area contributed by atoms with Crippen molar-refractivity contribution in [2.45, 2.75) is 26.3 Å². The predicted molar refractivity (Wildman–Crippen MR) is 50.6 cm³/mol. The van der Waals surface area contributed by atoms with Crippen molar-refractivity contribution in [3.63, 3.8) is 0 Å². The lowest BCUT2D eigenvalue weighted by atomic mass is 10.3. The summed E-state index contributed by atoms with van der Waals surface area (Å²) in [7, 11) is 1.66. The first-order valence-corrected chi connectivity index (χ1v) is 4.58. The van der Waals surface area contributed by atoms with Crippen LogP contribution in [0.3, 0.4) is 0 Å². The molecule has 13 heavy (non-hydrogen) atoms. The van der Waals surface area contributed by atoms with Crippen molar-refractivity contribution in [1.29, 1.82) is 0 Å². The number of ether oxygens (including phenoxy) is 2. The molecule has 0 bridgehead atoms. The first-order chi connectivity index (χ1) is 6.20. The molecule has 0 saturated heterocycles. The monoisotopic (exact) mass is 189 g/mol. The van der Waals surface area contributed by atoms with Gasteiger partial charge in [-0.2, -0.15) is 0 Å². The van der Waals surface area contributed by atoms with Gasteiger partial charge in [0.15, 0.2) is 0 Å². The Kier molecular flexibility index (Phi) is 7.63. The van der Waals surface area contributed by atoms with E-state index in [1.165, 1.54) is 0 Å². The Morgan fingerprint density at radius 1 is 1.54 bits per heavy atom. The second-order valence-corrected chi connectivity index (χ2v) is 2.87. The molecular weight excluding hydrogens is 170 g/mol. The highest BCUT2D eigenvalue weighted by atomic mass is 16.5. The van der Waals surface area contributed by atoms with E-state index in [1.807, 2.05) is 6.92 Å². The third-order valence-corrected chi connectivity index (χ3v) is 1.54. The molecule has 0 saturated carbocycles. The van der Waals surface area contributed by atoms with Crippen molar-refractivity contribution < 1.29 is 14.3 Å². The van der Waals surface area contributed by atoms with Gasteiger partial charge in [0.05, 0.1) is 19.6 Å². The van der Waals surface area contributed by atoms with E-state index in [0.29, 0.717) is 26.2 Å². The molecule has 0 rings (SSSR count). The average molecular weight is 189 g/mol. The van der Waals surface area contributed by atoms with Crippen LogP contribution in [0.25, 0.3) is 0 Å². The molecule has 1 unspecified atom stereocenters. The van der Waals surface area contributed by atoms with Gasteiger partial charge in [-0.3, -0.25) is 4.79 Å². The molecule has 0 aliphatic carbocycles. The number of carbonyl (C=O) groups excluding carboxylic acids is 1. The number of carbonyl (C=O) groups is 1. The standard InChI is InChI=1S/C9H19NO3/c1-4-13-9(11)5-6-10-8(2)7-12-3/h8,10H,4-7H2,1-3H3. The minimum absolute atomic E-state index is 0.153. The van der Waals surface area contributed by atoms with E-state index >= 15 is 0 Å². The van der Waals surface area contributed by atoms with Gasteiger partial charge in [-0.25, -0.2) is 0 Å². The van der Waals surface area contributed by atoms with E-state index in [9.17, 15) is 4.79 Å². The van der Waals surface area contributed by atoms with Crippen molar-refractivity contribution in [3.8, 4) is 0 Å². The summed E-state index contributed by atoms with van der Waals surface area (Å²) in [6.07, 6.45) is 0.419. The fourth-order valence-electron chi connectivity index (χ4n) is 0.963. The normalized spacial score (nSPS) is 12.5. The zero-order valence-electron chi connectivity index (χ0n) is 8.63. The summed E-state index contributed by atoms with van der Waals surface area (Å²) in [4.78, 5) is 10.9. The van der Waals surface area contributed by atoms with Crippen molar-refractivity contribution in [3.05, 3.63) is 0 Å². The molecule has 0 amide bonds. The van der Waals surface area contributed by atoms with Crippen LogP contribution in [0.15, 0.2) is 0 Å². The number of hydrogen-bond acceptors (Lipinski definition) is 4. The molecule has 0 fully saturated rings. The Morgan fingerprint density at radius 3 is 2.77 bits per heavy atom. The van der Waals surface area contributed by atoms with Gasteiger partial charge < -0.3 is 14.8 Å². The Hall–Kier alpha value is -0.610. The maximum Gasteiger partial charge on any atom is 0.307 e. The van der Waals surface area contributed by atoms with Crippen LogP contribution in [0.5, 0.6) is 0 Å². The molecule has 1 atom stereocenters. The van der Waals surface area contributed by atoms with Gasteiger partial charge in [0.25, 0.3) is 0 Å². The van der Waals surface area contributed by atoms with Gasteiger partial charge in [0.1, 0.15) is 0 Å². The van der Waals surface area contributed by atoms with Crippen LogP contribution in [-0.4, -0.2) is 38.9 Å². The van der Waals surface area contributed by atoms with Crippen LogP contribution < -0.4 is 5.32 Å². The summed E-state index contributed by atoms with van der Waals surface area (Å²) in [6.45, 7) is 5.56. The van der Waals surface area contributed by atoms with E-state index < -0.39 is 0 Å². The largest absolute Gasteiger partial charge is 0.466 e. The molecule has 0 aliphatic heterocycles. The van der Waals surface area contributed by atoms with E-state index in [-0.39, 0.29) is 12.0 Å². The molecule has 0 aromatic carbocycles. The van der Waals surface area contributed by atoms with Gasteiger partial charge in [-0.15, -0.1) is 0 Å². The van der Waals surface area contributed by atoms with E-state index in [2.05, 4.69) is 5.32 Å². The molecule has 0 radical (unpaired) electrons. The Bertz CT molecular complexity index is 139. The summed E-state index contributed by atoms with van der Waals surface area (Å²) in [5.41, 5.74) is 0. The molecule has 4 nitrogen and oxygen atoms in total. The fraction of sp³-hybridized carbons (Fsp3) is 0.889. The smallest absolute Gasteiger partial charge is 0.307 e. The minimum atomic E-state index is -0.153. The Morgan fingerprint density at radius 2 is 2.23 bits per heavy atom. The maximum absolute atomic E-state index is 10.9. The van der Waals surface area contributed by atoms with Gasteiger partial charge >= 0.3 is 5.97 Å². The number of rotatable bonds is 7. The Labute approximate surface area is 79.6 Å². The second kappa shape index (κ2) is 8.01. The highest BCUT2D eigenvalue weighted by Crippen LogP contribution is 1.87. The van der Waals surface area contributed by atoms with Crippen LogP contribution >= 0.6 is 0 Å². The van der Waals surface area contributed by atoms with Crippen LogP contribution in [0.2, 0.25) is 0 Å². The van der Waals surface area contributed by atoms with Crippen molar-refractivity contribution >= 4 is 5.97 Å². The number of hydrogen-bond donors (Lipinski definition) is 1. The molecule has 0 aliphatic rings. The van der Waals surface area contributed by atoms with Gasteiger partial charge in [0, 0.05) is 19.7 Å². The third kappa shape index (κ3) is 7.74. The van der Waals surface area contributed by atoms with E-state index in [1.54, 1.807) is 14.0 Å². The van der Waals surface area contributed by atoms with Gasteiger partial charge in [0.2, 0.25) is 0 Å². The van der Waals surface area contributed by atoms with Crippen LogP contribution in [0.4, 0.5) is 0 Å². The number of nitrogens with one attached hydrogen (secondary N) is 1. The fourth-order valence-corrected chi connectivity index (χ4v) is 0.963. The van der Waals surface area contributed by atoms with Crippen molar-refractivity contribution in [1.82, 2.24) is 5.32 Å². The predicted octanol–water partition coefficient (Wildman–Crippen LogP) is 0.564. The second-order valence-electron chi connectivity index (χ2n) is 2.87. The molecule has 0 aromatic rings. The maximum atomic E-state index is 10.9. The summed E-state index contributed by atoms with van der Waals surface area (Å²) < 4.78 is 9.70. The van der Waals surface area contributed by atoms with Crippen LogP contribution in [0, 0.1) is 0 Å². The molecule has 78 valence electrons. The van der Waals surface area contributed by atoms with Gasteiger partial charge in [-0.1, -0.05) is 0 Å². The third-order valence-electron chi connectivity index (χ3n) is 1.54. The molecule has 0 aromatic heterocycles. The minimum Gasteiger partial charge on any atom is -0.466 e. The SMILES string of the molecule is CCOC(=O)CCNC(C)COC. The van der Waals surface area contributed by atoms with Crippen LogP contribution in [0.1, 0.15) is 20.3 Å². The number of esters is 1. The van der Waals surface area contributed by atoms with E-state index in [0.717, 1.165) is 0 Å². The summed E-state index contributed by atoms with van der Waals surface area (Å²) >= 11 is 0. The highest BCUT2D eigenvalue weighted by Gasteiger charge is 2.03. The summed E-state index contributed by atoms with van der Waals surface area (Å²) in [5, 5.41) is 3.15. The number of methoxy groups -OCH3 is 1. The first kappa shape index (κ1) is 12.4. The molecule has 0 spiro atoms. The molecule has 0 heterocycles. The highest BCUT2D eigenvalue weighted by molar-refractivity contribution is 5.69. The summed E-state index contributed by atoms with van der Waals surface area (Å²) in [5.74, 6) is -0.153.